The van der Waals surface area contributed by atoms with Crippen molar-refractivity contribution in [3.05, 3.63) is 48.0 Å². The molecule has 2 heterocycles. The normalized spacial score (nSPS) is 21.4. The molecule has 2 fully saturated rings. The molecule has 2 aliphatic rings. The van der Waals surface area contributed by atoms with Crippen LogP contribution in [0.1, 0.15) is 49.9 Å². The molecule has 6 heteroatoms. The van der Waals surface area contributed by atoms with E-state index in [9.17, 15) is 4.79 Å². The van der Waals surface area contributed by atoms with Gasteiger partial charge in [0.05, 0.1) is 0 Å². The van der Waals surface area contributed by atoms with Crippen molar-refractivity contribution in [2.45, 2.75) is 51.6 Å². The maximum atomic E-state index is 12.8. The minimum atomic E-state index is 0.0326. The minimum absolute atomic E-state index is 0.0326. The van der Waals surface area contributed by atoms with Gasteiger partial charge in [-0.05, 0) is 30.7 Å². The van der Waals surface area contributed by atoms with Crippen LogP contribution in [-0.2, 0) is 13.1 Å². The fourth-order valence-corrected chi connectivity index (χ4v) is 4.73. The van der Waals surface area contributed by atoms with Crippen molar-refractivity contribution in [1.29, 1.82) is 0 Å². The molecule has 1 aliphatic carbocycles. The van der Waals surface area contributed by atoms with Crippen molar-refractivity contribution in [1.82, 2.24) is 25.0 Å². The Bertz CT molecular complexity index is 751. The lowest BCUT2D eigenvalue weighted by molar-refractivity contribution is 0.199. The smallest absolute Gasteiger partial charge is 0.317 e. The van der Waals surface area contributed by atoms with Crippen LogP contribution in [0.3, 0.4) is 0 Å². The molecule has 1 atom stereocenters. The number of aromatic nitrogens is 3. The van der Waals surface area contributed by atoms with Gasteiger partial charge in [0, 0.05) is 32.1 Å². The largest absolute Gasteiger partial charge is 0.334 e. The van der Waals surface area contributed by atoms with Crippen molar-refractivity contribution in [3.63, 3.8) is 0 Å². The number of urea groups is 1. The molecule has 4 rings (SSSR count). The van der Waals surface area contributed by atoms with E-state index in [1.807, 2.05) is 41.6 Å². The van der Waals surface area contributed by atoms with E-state index in [4.69, 9.17) is 0 Å². The Hall–Kier alpha value is -2.37. The number of carbonyl (C=O) groups is 1. The lowest BCUT2D eigenvalue weighted by atomic mass is 9.76. The fraction of sp³-hybridized carbons (Fsp3) is 0.550. The van der Waals surface area contributed by atoms with E-state index in [1.165, 1.54) is 25.7 Å². The first-order valence-corrected chi connectivity index (χ1v) is 9.66. The summed E-state index contributed by atoms with van der Waals surface area (Å²) in [7, 11) is 0. The summed E-state index contributed by atoms with van der Waals surface area (Å²) in [5.41, 5.74) is 1.29. The van der Waals surface area contributed by atoms with Crippen LogP contribution < -0.4 is 5.32 Å². The van der Waals surface area contributed by atoms with E-state index in [0.717, 1.165) is 31.0 Å². The van der Waals surface area contributed by atoms with Gasteiger partial charge in [0.2, 0.25) is 0 Å². The average molecular weight is 353 g/mol. The molecule has 1 spiro atoms. The van der Waals surface area contributed by atoms with E-state index in [0.29, 0.717) is 6.54 Å². The number of aryl methyl sites for hydroxylation is 1. The minimum Gasteiger partial charge on any atom is -0.334 e. The summed E-state index contributed by atoms with van der Waals surface area (Å²) in [6.45, 7) is 5.12. The van der Waals surface area contributed by atoms with Gasteiger partial charge in [-0.3, -0.25) is 0 Å². The van der Waals surface area contributed by atoms with Gasteiger partial charge in [0.1, 0.15) is 12.2 Å². The second kappa shape index (κ2) is 7.09. The van der Waals surface area contributed by atoms with E-state index in [2.05, 4.69) is 27.0 Å². The zero-order valence-corrected chi connectivity index (χ0v) is 15.4. The number of nitrogens with one attached hydrogen (secondary N) is 1. The molecule has 0 bridgehead atoms. The van der Waals surface area contributed by atoms with Crippen LogP contribution in [0.15, 0.2) is 36.7 Å². The molecule has 0 radical (unpaired) electrons. The number of likely N-dealkylation sites (tertiary alicyclic amines) is 1. The molecule has 2 amide bonds. The maximum Gasteiger partial charge on any atom is 0.317 e. The maximum absolute atomic E-state index is 12.8. The molecule has 6 nitrogen and oxygen atoms in total. The van der Waals surface area contributed by atoms with Crippen LogP contribution in [0.5, 0.6) is 0 Å². The zero-order chi connectivity index (χ0) is 18.0. The fourth-order valence-electron chi connectivity index (χ4n) is 4.73. The highest BCUT2D eigenvalue weighted by Crippen LogP contribution is 2.52. The highest BCUT2D eigenvalue weighted by molar-refractivity contribution is 5.74. The summed E-state index contributed by atoms with van der Waals surface area (Å²) in [4.78, 5) is 14.8. The molecular formula is C20H27N5O. The van der Waals surface area contributed by atoms with Gasteiger partial charge < -0.3 is 14.8 Å². The van der Waals surface area contributed by atoms with Crippen LogP contribution in [0.2, 0.25) is 0 Å². The van der Waals surface area contributed by atoms with E-state index in [-0.39, 0.29) is 17.4 Å². The topological polar surface area (TPSA) is 63.1 Å². The number of nitrogens with zero attached hydrogens (tertiary/aromatic N) is 4. The molecule has 2 aromatic rings. The summed E-state index contributed by atoms with van der Waals surface area (Å²) in [6, 6.07) is 10.1. The Morgan fingerprint density at radius 2 is 2.04 bits per heavy atom. The number of hydrogen-bond acceptors (Lipinski definition) is 3. The van der Waals surface area contributed by atoms with Gasteiger partial charge in [-0.15, -0.1) is 10.2 Å². The molecule has 138 valence electrons. The molecule has 1 aliphatic heterocycles. The number of rotatable bonds is 4. The zero-order valence-electron chi connectivity index (χ0n) is 15.4. The predicted octanol–water partition coefficient (Wildman–Crippen LogP) is 3.17. The Balaban J connectivity index is 1.49. The monoisotopic (exact) mass is 353 g/mol. The summed E-state index contributed by atoms with van der Waals surface area (Å²) in [6.07, 6.45) is 6.66. The first kappa shape index (κ1) is 17.1. The van der Waals surface area contributed by atoms with Crippen molar-refractivity contribution in [2.24, 2.45) is 5.41 Å². The standard InChI is InChI=1S/C20H27N5O/c1-2-24-15-22-23-18(24)17-13-25(14-20(17)10-6-7-11-20)19(26)21-12-16-8-4-3-5-9-16/h3-5,8-9,15,17H,2,6-7,10-14H2,1H3,(H,21,26). The summed E-state index contributed by atoms with van der Waals surface area (Å²) < 4.78 is 2.14. The van der Waals surface area contributed by atoms with E-state index < -0.39 is 0 Å². The third-order valence-corrected chi connectivity index (χ3v) is 6.12. The van der Waals surface area contributed by atoms with Crippen LogP contribution >= 0.6 is 0 Å². The van der Waals surface area contributed by atoms with Gasteiger partial charge >= 0.3 is 6.03 Å². The number of amides is 2. The average Bonchev–Trinajstić information content (AvgIpc) is 3.41. The second-order valence-electron chi connectivity index (χ2n) is 7.62. The number of hydrogen-bond donors (Lipinski definition) is 1. The van der Waals surface area contributed by atoms with Crippen molar-refractivity contribution >= 4 is 6.03 Å². The Kier molecular flexibility index (Phi) is 4.66. The predicted molar refractivity (Wildman–Crippen MR) is 99.6 cm³/mol. The first-order chi connectivity index (χ1) is 12.7. The van der Waals surface area contributed by atoms with Crippen LogP contribution in [-0.4, -0.2) is 38.8 Å². The SMILES string of the molecule is CCn1cnnc1C1CN(C(=O)NCc2ccccc2)CC12CCCC2. The molecular weight excluding hydrogens is 326 g/mol. The molecule has 1 aromatic carbocycles. The lowest BCUT2D eigenvalue weighted by Crippen LogP contribution is -2.39. The Morgan fingerprint density at radius 3 is 2.77 bits per heavy atom. The third kappa shape index (κ3) is 3.08. The molecule has 1 N–H and O–H groups in total. The molecule has 26 heavy (non-hydrogen) atoms. The quantitative estimate of drug-likeness (QED) is 0.918. The van der Waals surface area contributed by atoms with Crippen LogP contribution in [0.25, 0.3) is 0 Å². The van der Waals surface area contributed by atoms with Gasteiger partial charge in [0.25, 0.3) is 0 Å². The van der Waals surface area contributed by atoms with Crippen LogP contribution in [0.4, 0.5) is 4.79 Å². The first-order valence-electron chi connectivity index (χ1n) is 9.66. The van der Waals surface area contributed by atoms with Gasteiger partial charge in [-0.1, -0.05) is 43.2 Å². The lowest BCUT2D eigenvalue weighted by Gasteiger charge is -2.29. The van der Waals surface area contributed by atoms with E-state index in [1.54, 1.807) is 0 Å². The summed E-state index contributed by atoms with van der Waals surface area (Å²) in [5.74, 6) is 1.34. The molecule has 1 saturated heterocycles. The summed E-state index contributed by atoms with van der Waals surface area (Å²) in [5, 5.41) is 11.6. The molecule has 1 aromatic heterocycles. The second-order valence-corrected chi connectivity index (χ2v) is 7.62. The van der Waals surface area contributed by atoms with E-state index >= 15 is 0 Å². The van der Waals surface area contributed by atoms with Gasteiger partial charge in [-0.25, -0.2) is 4.79 Å². The van der Waals surface area contributed by atoms with Crippen LogP contribution in [0, 0.1) is 5.41 Å². The van der Waals surface area contributed by atoms with Gasteiger partial charge in [-0.2, -0.15) is 0 Å². The van der Waals surface area contributed by atoms with Crippen molar-refractivity contribution in [2.75, 3.05) is 13.1 Å². The third-order valence-electron chi connectivity index (χ3n) is 6.12. The van der Waals surface area contributed by atoms with Crippen molar-refractivity contribution < 1.29 is 4.79 Å². The molecule has 1 unspecified atom stereocenters. The van der Waals surface area contributed by atoms with Gasteiger partial charge in [0.15, 0.2) is 0 Å². The highest BCUT2D eigenvalue weighted by atomic mass is 16.2. The number of carbonyl (C=O) groups excluding carboxylic acids is 1. The Morgan fingerprint density at radius 1 is 1.27 bits per heavy atom. The van der Waals surface area contributed by atoms with Crippen molar-refractivity contribution in [3.8, 4) is 0 Å². The molecule has 1 saturated carbocycles. The summed E-state index contributed by atoms with van der Waals surface area (Å²) >= 11 is 0. The Labute approximate surface area is 154 Å². The number of benzene rings is 1. The highest BCUT2D eigenvalue weighted by Gasteiger charge is 2.51.